The molecule has 1 aliphatic rings. The molecular weight excluding hydrogens is 467 g/mol. The summed E-state index contributed by atoms with van der Waals surface area (Å²) < 4.78 is 7.97. The van der Waals surface area contributed by atoms with E-state index < -0.39 is 0 Å². The lowest BCUT2D eigenvalue weighted by atomic mass is 10.2. The van der Waals surface area contributed by atoms with Crippen molar-refractivity contribution >= 4 is 29.9 Å². The van der Waals surface area contributed by atoms with Gasteiger partial charge in [-0.05, 0) is 39.2 Å². The van der Waals surface area contributed by atoms with Crippen LogP contribution in [0.25, 0.3) is 0 Å². The Bertz CT molecular complexity index is 589. The molecule has 0 aromatic carbocycles. The average Bonchev–Trinajstić information content (AvgIpc) is 2.93. The molecule has 2 heterocycles. The minimum absolute atomic E-state index is 0. The molecule has 28 heavy (non-hydrogen) atoms. The Balaban J connectivity index is 0.00000392. The summed E-state index contributed by atoms with van der Waals surface area (Å²) in [5, 5.41) is 11.3. The van der Waals surface area contributed by atoms with Crippen molar-refractivity contribution in [1.82, 2.24) is 25.3 Å². The van der Waals surface area contributed by atoms with Gasteiger partial charge in [0.2, 0.25) is 0 Å². The smallest absolute Gasteiger partial charge is 0.191 e. The minimum atomic E-state index is 0. The zero-order valence-electron chi connectivity index (χ0n) is 18.2. The normalized spacial score (nSPS) is 18.2. The second-order valence-electron chi connectivity index (χ2n) is 7.80. The van der Waals surface area contributed by atoms with Gasteiger partial charge in [0.25, 0.3) is 0 Å². The summed E-state index contributed by atoms with van der Waals surface area (Å²) in [5.41, 5.74) is 2.29. The van der Waals surface area contributed by atoms with Crippen molar-refractivity contribution in [3.63, 3.8) is 0 Å². The third-order valence-corrected chi connectivity index (χ3v) is 4.59. The van der Waals surface area contributed by atoms with Crippen molar-refractivity contribution in [3.8, 4) is 0 Å². The SMILES string of the molecule is CCNC(=NCC1CN(CC(C)C)CCO1)NCCCn1nc(C)cc1C.I. The molecule has 1 fully saturated rings. The van der Waals surface area contributed by atoms with Gasteiger partial charge in [-0.2, -0.15) is 5.10 Å². The number of ether oxygens (including phenoxy) is 1. The summed E-state index contributed by atoms with van der Waals surface area (Å²) >= 11 is 0. The van der Waals surface area contributed by atoms with Gasteiger partial charge in [0.1, 0.15) is 0 Å². The highest BCUT2D eigenvalue weighted by atomic mass is 127. The molecule has 0 amide bonds. The maximum atomic E-state index is 5.90. The minimum Gasteiger partial charge on any atom is -0.374 e. The maximum absolute atomic E-state index is 5.90. The fourth-order valence-electron chi connectivity index (χ4n) is 3.44. The van der Waals surface area contributed by atoms with Gasteiger partial charge in [-0.1, -0.05) is 13.8 Å². The van der Waals surface area contributed by atoms with E-state index in [9.17, 15) is 0 Å². The van der Waals surface area contributed by atoms with Gasteiger partial charge in [0.15, 0.2) is 5.96 Å². The highest BCUT2D eigenvalue weighted by Crippen LogP contribution is 2.08. The predicted molar refractivity (Wildman–Crippen MR) is 127 cm³/mol. The first kappa shape index (κ1) is 25.2. The van der Waals surface area contributed by atoms with E-state index in [-0.39, 0.29) is 30.1 Å². The van der Waals surface area contributed by atoms with Gasteiger partial charge >= 0.3 is 0 Å². The van der Waals surface area contributed by atoms with E-state index in [2.05, 4.69) is 59.1 Å². The summed E-state index contributed by atoms with van der Waals surface area (Å²) in [6.45, 7) is 18.0. The molecule has 2 rings (SSSR count). The number of nitrogens with one attached hydrogen (secondary N) is 2. The molecule has 8 heteroatoms. The second kappa shape index (κ2) is 13.4. The van der Waals surface area contributed by atoms with Crippen LogP contribution >= 0.6 is 24.0 Å². The van der Waals surface area contributed by atoms with Crippen LogP contribution in [0, 0.1) is 19.8 Å². The van der Waals surface area contributed by atoms with Gasteiger partial charge < -0.3 is 15.4 Å². The van der Waals surface area contributed by atoms with Crippen LogP contribution < -0.4 is 10.6 Å². The lowest BCUT2D eigenvalue weighted by Crippen LogP contribution is -2.46. The highest BCUT2D eigenvalue weighted by molar-refractivity contribution is 14.0. The average molecular weight is 506 g/mol. The molecule has 0 aliphatic carbocycles. The van der Waals surface area contributed by atoms with Crippen molar-refractivity contribution in [2.45, 2.75) is 53.7 Å². The molecule has 1 aromatic rings. The molecule has 1 aliphatic heterocycles. The number of halogens is 1. The molecule has 1 aromatic heterocycles. The summed E-state index contributed by atoms with van der Waals surface area (Å²) in [6, 6.07) is 2.12. The Morgan fingerprint density at radius 1 is 1.36 bits per heavy atom. The van der Waals surface area contributed by atoms with Crippen LogP contribution in [0.2, 0.25) is 0 Å². The fraction of sp³-hybridized carbons (Fsp3) is 0.800. The van der Waals surface area contributed by atoms with Gasteiger partial charge in [-0.3, -0.25) is 14.6 Å². The van der Waals surface area contributed by atoms with E-state index in [0.717, 1.165) is 63.9 Å². The number of guanidine groups is 1. The maximum Gasteiger partial charge on any atom is 0.191 e. The standard InChI is InChI=1S/C20H38N6O.HI/c1-6-21-20(22-8-7-9-26-18(5)12-17(4)24-26)23-13-19-15-25(10-11-27-19)14-16(2)3;/h12,16,19H,6-11,13-15H2,1-5H3,(H2,21,22,23);1H. The quantitative estimate of drug-likeness (QED) is 0.233. The number of aromatic nitrogens is 2. The molecule has 162 valence electrons. The van der Waals surface area contributed by atoms with E-state index in [1.807, 2.05) is 6.92 Å². The first-order valence-electron chi connectivity index (χ1n) is 10.3. The lowest BCUT2D eigenvalue weighted by molar-refractivity contribution is -0.0261. The van der Waals surface area contributed by atoms with Gasteiger partial charge in [0.05, 0.1) is 24.9 Å². The topological polar surface area (TPSA) is 66.7 Å². The third-order valence-electron chi connectivity index (χ3n) is 4.59. The Morgan fingerprint density at radius 3 is 2.79 bits per heavy atom. The Kier molecular flexibility index (Phi) is 12.0. The number of morpholine rings is 1. The molecule has 0 bridgehead atoms. The molecule has 1 saturated heterocycles. The molecule has 1 atom stereocenters. The monoisotopic (exact) mass is 506 g/mol. The molecule has 2 N–H and O–H groups in total. The number of hydrogen-bond donors (Lipinski definition) is 2. The number of nitrogens with zero attached hydrogens (tertiary/aromatic N) is 4. The Morgan fingerprint density at radius 2 is 2.14 bits per heavy atom. The molecular formula is C20H39IN6O. The molecule has 0 radical (unpaired) electrons. The largest absolute Gasteiger partial charge is 0.374 e. The van der Waals surface area contributed by atoms with Crippen molar-refractivity contribution < 1.29 is 4.74 Å². The summed E-state index contributed by atoms with van der Waals surface area (Å²) in [6.07, 6.45) is 1.19. The Labute approximate surface area is 187 Å². The zero-order valence-corrected chi connectivity index (χ0v) is 20.5. The number of rotatable bonds is 9. The summed E-state index contributed by atoms with van der Waals surface area (Å²) in [5.74, 6) is 1.56. The van der Waals surface area contributed by atoms with E-state index in [4.69, 9.17) is 9.73 Å². The number of hydrogen-bond acceptors (Lipinski definition) is 4. The fourth-order valence-corrected chi connectivity index (χ4v) is 3.44. The van der Waals surface area contributed by atoms with E-state index in [1.165, 1.54) is 5.69 Å². The highest BCUT2D eigenvalue weighted by Gasteiger charge is 2.20. The third kappa shape index (κ3) is 9.09. The van der Waals surface area contributed by atoms with Crippen LogP contribution in [0.1, 0.15) is 38.6 Å². The zero-order chi connectivity index (χ0) is 19.6. The van der Waals surface area contributed by atoms with Gasteiger partial charge in [-0.25, -0.2) is 0 Å². The first-order valence-corrected chi connectivity index (χ1v) is 10.3. The van der Waals surface area contributed by atoms with Gasteiger partial charge in [0, 0.05) is 45.0 Å². The Hall–Kier alpha value is -0.870. The van der Waals surface area contributed by atoms with Crippen molar-refractivity contribution in [1.29, 1.82) is 0 Å². The number of aliphatic imine (C=N–C) groups is 1. The predicted octanol–water partition coefficient (Wildman–Crippen LogP) is 2.42. The van der Waals surface area contributed by atoms with Crippen LogP contribution in [0.4, 0.5) is 0 Å². The number of aryl methyl sites for hydroxylation is 3. The summed E-state index contributed by atoms with van der Waals surface area (Å²) in [4.78, 5) is 7.23. The van der Waals surface area contributed by atoms with E-state index >= 15 is 0 Å². The van der Waals surface area contributed by atoms with Crippen LogP contribution in [0.3, 0.4) is 0 Å². The van der Waals surface area contributed by atoms with Crippen LogP contribution in [-0.4, -0.2) is 72.6 Å². The summed E-state index contributed by atoms with van der Waals surface area (Å²) in [7, 11) is 0. The lowest BCUT2D eigenvalue weighted by Gasteiger charge is -2.33. The second-order valence-corrected chi connectivity index (χ2v) is 7.80. The molecule has 0 spiro atoms. The van der Waals surface area contributed by atoms with Crippen LogP contribution in [-0.2, 0) is 11.3 Å². The van der Waals surface area contributed by atoms with E-state index in [0.29, 0.717) is 12.5 Å². The van der Waals surface area contributed by atoms with Crippen molar-refractivity contribution in [2.75, 3.05) is 45.9 Å². The van der Waals surface area contributed by atoms with Crippen LogP contribution in [0.15, 0.2) is 11.1 Å². The van der Waals surface area contributed by atoms with Gasteiger partial charge in [-0.15, -0.1) is 24.0 Å². The first-order chi connectivity index (χ1) is 13.0. The van der Waals surface area contributed by atoms with E-state index in [1.54, 1.807) is 0 Å². The molecule has 0 saturated carbocycles. The molecule has 7 nitrogen and oxygen atoms in total. The van der Waals surface area contributed by atoms with Crippen molar-refractivity contribution in [3.05, 3.63) is 17.5 Å². The molecule has 1 unspecified atom stereocenters. The van der Waals surface area contributed by atoms with Crippen molar-refractivity contribution in [2.24, 2.45) is 10.9 Å². The van der Waals surface area contributed by atoms with Crippen LogP contribution in [0.5, 0.6) is 0 Å².